The summed E-state index contributed by atoms with van der Waals surface area (Å²) in [6.07, 6.45) is 6.12. The van der Waals surface area contributed by atoms with E-state index in [2.05, 4.69) is 20.4 Å². The Hall–Kier alpha value is -1.59. The lowest BCUT2D eigenvalue weighted by Gasteiger charge is -2.33. The molecule has 3 rings (SSSR count). The van der Waals surface area contributed by atoms with Gasteiger partial charge in [0.1, 0.15) is 11.5 Å². The molecule has 1 fully saturated rings. The maximum Gasteiger partial charge on any atom is 0.138 e. The van der Waals surface area contributed by atoms with Gasteiger partial charge in [-0.1, -0.05) is 6.07 Å². The number of anilines is 1. The molecule has 0 aliphatic carbocycles. The van der Waals surface area contributed by atoms with Crippen LogP contribution in [0.5, 0.6) is 0 Å². The predicted molar refractivity (Wildman–Crippen MR) is 73.5 cm³/mol. The lowest BCUT2D eigenvalue weighted by Crippen LogP contribution is -2.38. The Labute approximate surface area is 112 Å². The van der Waals surface area contributed by atoms with Crippen LogP contribution in [0.25, 0.3) is 5.65 Å². The van der Waals surface area contributed by atoms with Crippen molar-refractivity contribution in [2.45, 2.75) is 18.9 Å². The molecule has 1 N–H and O–H groups in total. The molecule has 0 aromatic carbocycles. The summed E-state index contributed by atoms with van der Waals surface area (Å²) in [7, 11) is 0. The van der Waals surface area contributed by atoms with E-state index in [9.17, 15) is 0 Å². The smallest absolute Gasteiger partial charge is 0.138 e. The lowest BCUT2D eigenvalue weighted by atomic mass is 10.1. The highest BCUT2D eigenvalue weighted by atomic mass is 16.5. The van der Waals surface area contributed by atoms with Crippen molar-refractivity contribution >= 4 is 11.5 Å². The molecule has 2 aromatic heterocycles. The molecular weight excluding hydrogens is 242 g/mol. The van der Waals surface area contributed by atoms with E-state index < -0.39 is 0 Å². The van der Waals surface area contributed by atoms with Crippen LogP contribution in [0.15, 0.2) is 30.6 Å². The summed E-state index contributed by atoms with van der Waals surface area (Å²) < 4.78 is 7.71. The zero-order valence-corrected chi connectivity index (χ0v) is 10.9. The van der Waals surface area contributed by atoms with Crippen molar-refractivity contribution < 1.29 is 9.84 Å². The van der Waals surface area contributed by atoms with E-state index in [0.717, 1.165) is 31.6 Å². The van der Waals surface area contributed by atoms with Gasteiger partial charge in [-0.15, -0.1) is 0 Å². The third-order valence-corrected chi connectivity index (χ3v) is 3.62. The number of rotatable bonds is 4. The Kier molecular flexibility index (Phi) is 3.66. The van der Waals surface area contributed by atoms with Crippen molar-refractivity contribution in [1.29, 1.82) is 0 Å². The average molecular weight is 261 g/mol. The summed E-state index contributed by atoms with van der Waals surface area (Å²) in [6, 6.07) is 6.19. The number of pyridine rings is 1. The largest absolute Gasteiger partial charge is 0.394 e. The van der Waals surface area contributed by atoms with Crippen LogP contribution in [0.2, 0.25) is 0 Å². The average Bonchev–Trinajstić information content (AvgIpc) is 2.94. The zero-order valence-electron chi connectivity index (χ0n) is 10.9. The maximum absolute atomic E-state index is 8.78. The fourth-order valence-corrected chi connectivity index (χ4v) is 2.66. The summed E-state index contributed by atoms with van der Waals surface area (Å²) in [5.41, 5.74) is 0.983. The molecular formula is C14H19N3O2. The molecule has 5 nitrogen and oxygen atoms in total. The first-order chi connectivity index (χ1) is 9.38. The number of piperidine rings is 1. The van der Waals surface area contributed by atoms with Gasteiger partial charge in [-0.3, -0.25) is 4.40 Å². The number of hydrogen-bond donors (Lipinski definition) is 1. The van der Waals surface area contributed by atoms with Crippen LogP contribution in [-0.4, -0.2) is 46.9 Å². The Bertz CT molecular complexity index is 532. The second kappa shape index (κ2) is 5.59. The molecule has 1 aliphatic heterocycles. The van der Waals surface area contributed by atoms with E-state index in [-0.39, 0.29) is 12.7 Å². The number of ether oxygens (including phenoxy) is 1. The van der Waals surface area contributed by atoms with Gasteiger partial charge in [-0.05, 0) is 25.0 Å². The molecule has 1 aliphatic rings. The number of aromatic nitrogens is 2. The van der Waals surface area contributed by atoms with E-state index >= 15 is 0 Å². The molecule has 5 heteroatoms. The number of nitrogens with zero attached hydrogens (tertiary/aromatic N) is 3. The van der Waals surface area contributed by atoms with Crippen LogP contribution in [0, 0.1) is 0 Å². The Balaban J connectivity index is 1.69. The normalized spacial score (nSPS) is 17.2. The third-order valence-electron chi connectivity index (χ3n) is 3.62. The summed E-state index contributed by atoms with van der Waals surface area (Å²) in [5, 5.41) is 8.78. The topological polar surface area (TPSA) is 50.0 Å². The molecule has 0 radical (unpaired) electrons. The van der Waals surface area contributed by atoms with Crippen molar-refractivity contribution in [3.8, 4) is 0 Å². The highest BCUT2D eigenvalue weighted by Gasteiger charge is 2.20. The fraction of sp³-hybridized carbons (Fsp3) is 0.500. The first kappa shape index (κ1) is 12.4. The number of fused-ring (bicyclic) bond motifs is 1. The summed E-state index contributed by atoms with van der Waals surface area (Å²) in [5.74, 6) is 1.19. The maximum atomic E-state index is 8.78. The molecule has 19 heavy (non-hydrogen) atoms. The van der Waals surface area contributed by atoms with Gasteiger partial charge in [0.25, 0.3) is 0 Å². The minimum Gasteiger partial charge on any atom is -0.394 e. The molecule has 2 aromatic rings. The molecule has 0 saturated carbocycles. The third kappa shape index (κ3) is 2.57. The van der Waals surface area contributed by atoms with Crippen LogP contribution in [0.1, 0.15) is 12.8 Å². The summed E-state index contributed by atoms with van der Waals surface area (Å²) in [4.78, 5) is 6.68. The van der Waals surface area contributed by atoms with Crippen LogP contribution < -0.4 is 4.90 Å². The molecule has 0 spiro atoms. The first-order valence-electron chi connectivity index (χ1n) is 6.78. The number of aliphatic hydroxyl groups excluding tert-OH is 1. The van der Waals surface area contributed by atoms with Gasteiger partial charge in [0.15, 0.2) is 0 Å². The van der Waals surface area contributed by atoms with Crippen LogP contribution >= 0.6 is 0 Å². The Morgan fingerprint density at radius 1 is 1.32 bits per heavy atom. The molecule has 0 atom stereocenters. The van der Waals surface area contributed by atoms with Crippen LogP contribution in [-0.2, 0) is 4.74 Å². The molecule has 1 saturated heterocycles. The molecule has 0 amide bonds. The monoisotopic (exact) mass is 261 g/mol. The van der Waals surface area contributed by atoms with Crippen LogP contribution in [0.4, 0.5) is 5.82 Å². The highest BCUT2D eigenvalue weighted by Crippen LogP contribution is 2.22. The molecule has 3 heterocycles. The second-order valence-electron chi connectivity index (χ2n) is 4.82. The predicted octanol–water partition coefficient (Wildman–Crippen LogP) is 1.31. The van der Waals surface area contributed by atoms with Crippen molar-refractivity contribution in [2.75, 3.05) is 31.2 Å². The fourth-order valence-electron chi connectivity index (χ4n) is 2.66. The van der Waals surface area contributed by atoms with Crippen molar-refractivity contribution in [3.05, 3.63) is 30.6 Å². The minimum atomic E-state index is 0.106. The summed E-state index contributed by atoms with van der Waals surface area (Å²) >= 11 is 0. The van der Waals surface area contributed by atoms with Gasteiger partial charge >= 0.3 is 0 Å². The highest BCUT2D eigenvalue weighted by molar-refractivity contribution is 5.51. The molecule has 0 unspecified atom stereocenters. The van der Waals surface area contributed by atoms with Crippen LogP contribution in [0.3, 0.4) is 0 Å². The van der Waals surface area contributed by atoms with E-state index in [4.69, 9.17) is 9.84 Å². The zero-order chi connectivity index (χ0) is 13.1. The number of aliphatic hydroxyl groups is 1. The van der Waals surface area contributed by atoms with Gasteiger partial charge in [-0.2, -0.15) is 0 Å². The minimum absolute atomic E-state index is 0.106. The van der Waals surface area contributed by atoms with Crippen molar-refractivity contribution in [1.82, 2.24) is 9.38 Å². The molecule has 102 valence electrons. The standard InChI is InChI=1S/C14H19N3O2/c18-10-11-19-12-4-7-16(8-5-12)14-3-1-2-13-15-6-9-17(13)14/h1-3,6,9,12,18H,4-5,7-8,10-11H2. The number of imidazole rings is 1. The van der Waals surface area contributed by atoms with Gasteiger partial charge in [0.05, 0.1) is 19.3 Å². The first-order valence-corrected chi connectivity index (χ1v) is 6.78. The van der Waals surface area contributed by atoms with E-state index in [1.807, 2.05) is 24.5 Å². The van der Waals surface area contributed by atoms with Crippen molar-refractivity contribution in [2.24, 2.45) is 0 Å². The molecule has 0 bridgehead atoms. The Morgan fingerprint density at radius 2 is 2.16 bits per heavy atom. The van der Waals surface area contributed by atoms with E-state index in [1.165, 1.54) is 5.82 Å². The summed E-state index contributed by atoms with van der Waals surface area (Å²) in [6.45, 7) is 2.51. The lowest BCUT2D eigenvalue weighted by molar-refractivity contribution is 0.0158. The van der Waals surface area contributed by atoms with Crippen molar-refractivity contribution in [3.63, 3.8) is 0 Å². The van der Waals surface area contributed by atoms with Gasteiger partial charge in [-0.25, -0.2) is 4.98 Å². The van der Waals surface area contributed by atoms with Gasteiger partial charge in [0.2, 0.25) is 0 Å². The Morgan fingerprint density at radius 3 is 2.95 bits per heavy atom. The quantitative estimate of drug-likeness (QED) is 0.901. The van der Waals surface area contributed by atoms with E-state index in [1.54, 1.807) is 0 Å². The number of hydrogen-bond acceptors (Lipinski definition) is 4. The van der Waals surface area contributed by atoms with Gasteiger partial charge in [0, 0.05) is 25.5 Å². The SMILES string of the molecule is OCCOC1CCN(c2cccc3nccn23)CC1. The van der Waals surface area contributed by atoms with Gasteiger partial charge < -0.3 is 14.7 Å². The van der Waals surface area contributed by atoms with E-state index in [0.29, 0.717) is 6.61 Å². The second-order valence-corrected chi connectivity index (χ2v) is 4.82.